The number of nitrogens with zero attached hydrogens (tertiary/aromatic N) is 1. The Hall–Kier alpha value is -2.04. The minimum atomic E-state index is -1.06. The molecule has 1 atom stereocenters. The van der Waals surface area contributed by atoms with Crippen LogP contribution < -0.4 is 5.32 Å². The summed E-state index contributed by atoms with van der Waals surface area (Å²) >= 11 is 0. The van der Waals surface area contributed by atoms with Gasteiger partial charge in [-0.2, -0.15) is 0 Å². The smallest absolute Gasteiger partial charge is 0.330 e. The number of aliphatic carboxylic acids is 1. The lowest BCUT2D eigenvalue weighted by molar-refractivity contribution is -0.139. The summed E-state index contributed by atoms with van der Waals surface area (Å²) in [6, 6.07) is 7.33. The van der Waals surface area contributed by atoms with Gasteiger partial charge in [0, 0.05) is 13.1 Å². The quantitative estimate of drug-likeness (QED) is 0.828. The highest BCUT2D eigenvalue weighted by atomic mass is 16.4. The Labute approximate surface area is 113 Å². The molecular formula is C14H20N2O3. The summed E-state index contributed by atoms with van der Waals surface area (Å²) in [5, 5.41) is 11.8. The molecule has 0 bridgehead atoms. The van der Waals surface area contributed by atoms with Crippen LogP contribution in [0, 0.1) is 0 Å². The summed E-state index contributed by atoms with van der Waals surface area (Å²) in [5.41, 5.74) is 0.566. The molecule has 0 aliphatic heterocycles. The van der Waals surface area contributed by atoms with Crippen molar-refractivity contribution in [1.29, 1.82) is 0 Å². The predicted molar refractivity (Wildman–Crippen MR) is 72.9 cm³/mol. The highest BCUT2D eigenvalue weighted by Crippen LogP contribution is 2.13. The van der Waals surface area contributed by atoms with Crippen LogP contribution in [-0.2, 0) is 4.79 Å². The number of carbonyl (C=O) groups is 2. The fourth-order valence-corrected chi connectivity index (χ4v) is 1.82. The molecule has 5 heteroatoms. The molecule has 0 saturated heterocycles. The summed E-state index contributed by atoms with van der Waals surface area (Å²) in [7, 11) is 0. The number of benzene rings is 1. The topological polar surface area (TPSA) is 69.6 Å². The second kappa shape index (κ2) is 7.41. The molecule has 5 nitrogen and oxygen atoms in total. The first-order valence-corrected chi connectivity index (χ1v) is 6.43. The summed E-state index contributed by atoms with van der Waals surface area (Å²) in [5.74, 6) is -1.06. The predicted octanol–water partition coefficient (Wildman–Crippen LogP) is 2.25. The van der Waals surface area contributed by atoms with Crippen LogP contribution in [0.4, 0.5) is 4.79 Å². The molecule has 2 amide bonds. The molecule has 0 aromatic heterocycles. The van der Waals surface area contributed by atoms with Gasteiger partial charge in [-0.3, -0.25) is 0 Å². The van der Waals surface area contributed by atoms with E-state index in [2.05, 4.69) is 5.32 Å². The molecule has 2 N–H and O–H groups in total. The zero-order chi connectivity index (χ0) is 14.3. The zero-order valence-electron chi connectivity index (χ0n) is 11.3. The third kappa shape index (κ3) is 4.28. The summed E-state index contributed by atoms with van der Waals surface area (Å²) in [6.45, 7) is 5.01. The van der Waals surface area contributed by atoms with Crippen molar-refractivity contribution in [2.45, 2.75) is 26.3 Å². The van der Waals surface area contributed by atoms with E-state index in [4.69, 9.17) is 0 Å². The highest BCUT2D eigenvalue weighted by molar-refractivity contribution is 5.83. The maximum absolute atomic E-state index is 12.0. The van der Waals surface area contributed by atoms with E-state index in [0.717, 1.165) is 6.42 Å². The van der Waals surface area contributed by atoms with Gasteiger partial charge in [-0.25, -0.2) is 9.59 Å². The fourth-order valence-electron chi connectivity index (χ4n) is 1.82. The van der Waals surface area contributed by atoms with Crippen molar-refractivity contribution in [3.05, 3.63) is 35.9 Å². The molecule has 19 heavy (non-hydrogen) atoms. The molecule has 0 aliphatic rings. The van der Waals surface area contributed by atoms with Gasteiger partial charge in [-0.1, -0.05) is 37.3 Å². The van der Waals surface area contributed by atoms with Crippen LogP contribution >= 0.6 is 0 Å². The number of amides is 2. The Bertz CT molecular complexity index is 420. The number of carboxylic acid groups (broad SMARTS) is 1. The van der Waals surface area contributed by atoms with E-state index >= 15 is 0 Å². The van der Waals surface area contributed by atoms with Crippen LogP contribution in [0.3, 0.4) is 0 Å². The van der Waals surface area contributed by atoms with Gasteiger partial charge in [0.05, 0.1) is 0 Å². The Kier molecular flexibility index (Phi) is 5.85. The minimum Gasteiger partial charge on any atom is -0.479 e. The molecular weight excluding hydrogens is 244 g/mol. The molecule has 0 fully saturated rings. The van der Waals surface area contributed by atoms with Gasteiger partial charge in [-0.05, 0) is 18.9 Å². The van der Waals surface area contributed by atoms with E-state index in [1.807, 2.05) is 13.8 Å². The maximum Gasteiger partial charge on any atom is 0.330 e. The molecule has 104 valence electrons. The van der Waals surface area contributed by atoms with Crippen molar-refractivity contribution in [3.63, 3.8) is 0 Å². The van der Waals surface area contributed by atoms with Gasteiger partial charge in [0.1, 0.15) is 0 Å². The largest absolute Gasteiger partial charge is 0.479 e. The van der Waals surface area contributed by atoms with Crippen LogP contribution in [0.5, 0.6) is 0 Å². The number of carboxylic acids is 1. The Balaban J connectivity index is 2.80. The number of carbonyl (C=O) groups excluding carboxylic acids is 1. The lowest BCUT2D eigenvalue weighted by Crippen LogP contribution is -2.44. The molecule has 1 aromatic rings. The normalized spacial score (nSPS) is 11.7. The van der Waals surface area contributed by atoms with Gasteiger partial charge in [-0.15, -0.1) is 0 Å². The van der Waals surface area contributed by atoms with Gasteiger partial charge in [0.2, 0.25) is 0 Å². The molecule has 0 radical (unpaired) electrons. The van der Waals surface area contributed by atoms with E-state index in [-0.39, 0.29) is 6.03 Å². The van der Waals surface area contributed by atoms with Crippen molar-refractivity contribution in [2.75, 3.05) is 13.1 Å². The first-order chi connectivity index (χ1) is 9.10. The van der Waals surface area contributed by atoms with Crippen LogP contribution in [0.25, 0.3) is 0 Å². The standard InChI is InChI=1S/C14H20N2O3/c1-3-10-16(4-2)14(19)15-12(13(17)18)11-8-6-5-7-9-11/h5-9,12H,3-4,10H2,1-2H3,(H,15,19)(H,17,18). The van der Waals surface area contributed by atoms with Gasteiger partial charge >= 0.3 is 12.0 Å². The number of rotatable bonds is 6. The highest BCUT2D eigenvalue weighted by Gasteiger charge is 2.23. The number of hydrogen-bond donors (Lipinski definition) is 2. The van der Waals surface area contributed by atoms with Crippen molar-refractivity contribution >= 4 is 12.0 Å². The zero-order valence-corrected chi connectivity index (χ0v) is 11.3. The van der Waals surface area contributed by atoms with Crippen molar-refractivity contribution in [2.24, 2.45) is 0 Å². The molecule has 0 aliphatic carbocycles. The summed E-state index contributed by atoms with van der Waals surface area (Å²) in [6.07, 6.45) is 0.838. The van der Waals surface area contributed by atoms with Gasteiger partial charge < -0.3 is 15.3 Å². The third-order valence-corrected chi connectivity index (χ3v) is 2.81. The molecule has 0 spiro atoms. The average Bonchev–Trinajstić information content (AvgIpc) is 2.42. The SMILES string of the molecule is CCCN(CC)C(=O)NC(C(=O)O)c1ccccc1. The van der Waals surface area contributed by atoms with E-state index < -0.39 is 12.0 Å². The lowest BCUT2D eigenvalue weighted by atomic mass is 10.1. The molecule has 1 aromatic carbocycles. The maximum atomic E-state index is 12.0. The number of hydrogen-bond acceptors (Lipinski definition) is 2. The van der Waals surface area contributed by atoms with Crippen LogP contribution in [0.1, 0.15) is 31.9 Å². The Morgan fingerprint density at radius 1 is 1.26 bits per heavy atom. The van der Waals surface area contributed by atoms with E-state index in [1.54, 1.807) is 35.2 Å². The number of nitrogens with one attached hydrogen (secondary N) is 1. The lowest BCUT2D eigenvalue weighted by Gasteiger charge is -2.23. The van der Waals surface area contributed by atoms with Crippen molar-refractivity contribution in [3.8, 4) is 0 Å². The second-order valence-electron chi connectivity index (χ2n) is 4.21. The first kappa shape index (κ1) is 15.0. The van der Waals surface area contributed by atoms with E-state index in [0.29, 0.717) is 18.7 Å². The Morgan fingerprint density at radius 3 is 2.37 bits per heavy atom. The summed E-state index contributed by atoms with van der Waals surface area (Å²) in [4.78, 5) is 24.9. The van der Waals surface area contributed by atoms with Crippen molar-refractivity contribution < 1.29 is 14.7 Å². The average molecular weight is 264 g/mol. The second-order valence-corrected chi connectivity index (χ2v) is 4.21. The first-order valence-electron chi connectivity index (χ1n) is 6.43. The Morgan fingerprint density at radius 2 is 1.89 bits per heavy atom. The molecule has 1 unspecified atom stereocenters. The van der Waals surface area contributed by atoms with E-state index in [1.165, 1.54) is 0 Å². The van der Waals surface area contributed by atoms with Crippen LogP contribution in [0.15, 0.2) is 30.3 Å². The van der Waals surface area contributed by atoms with Gasteiger partial charge in [0.25, 0.3) is 0 Å². The number of urea groups is 1. The molecule has 1 rings (SSSR count). The van der Waals surface area contributed by atoms with Crippen LogP contribution in [0.2, 0.25) is 0 Å². The monoisotopic (exact) mass is 264 g/mol. The molecule has 0 saturated carbocycles. The summed E-state index contributed by atoms with van der Waals surface area (Å²) < 4.78 is 0. The van der Waals surface area contributed by atoms with Gasteiger partial charge in [0.15, 0.2) is 6.04 Å². The molecule has 0 heterocycles. The minimum absolute atomic E-state index is 0.347. The van der Waals surface area contributed by atoms with Crippen LogP contribution in [-0.4, -0.2) is 35.1 Å². The van der Waals surface area contributed by atoms with Crippen molar-refractivity contribution in [1.82, 2.24) is 10.2 Å². The van der Waals surface area contributed by atoms with E-state index in [9.17, 15) is 14.7 Å². The fraction of sp³-hybridized carbons (Fsp3) is 0.429. The third-order valence-electron chi connectivity index (χ3n) is 2.81.